The summed E-state index contributed by atoms with van der Waals surface area (Å²) in [6.07, 6.45) is 0.944. The van der Waals surface area contributed by atoms with Crippen molar-refractivity contribution in [2.24, 2.45) is 0 Å². The molecular formula is C8H13NO3. The Morgan fingerprint density at radius 3 is 2.83 bits per heavy atom. The fourth-order valence-corrected chi connectivity index (χ4v) is 1.24. The van der Waals surface area contributed by atoms with Gasteiger partial charge >= 0.3 is 5.97 Å². The molecule has 1 N–H and O–H groups in total. The Labute approximate surface area is 71.3 Å². The van der Waals surface area contributed by atoms with E-state index in [4.69, 9.17) is 4.74 Å². The van der Waals surface area contributed by atoms with Crippen molar-refractivity contribution in [2.75, 3.05) is 6.61 Å². The van der Waals surface area contributed by atoms with Gasteiger partial charge in [0.25, 0.3) is 0 Å². The van der Waals surface area contributed by atoms with Crippen molar-refractivity contribution in [2.45, 2.75) is 32.2 Å². The molecule has 0 aromatic rings. The Bertz CT molecular complexity index is 214. The van der Waals surface area contributed by atoms with E-state index in [2.05, 4.69) is 5.32 Å². The first-order valence-corrected chi connectivity index (χ1v) is 4.07. The van der Waals surface area contributed by atoms with Crippen LogP contribution in [0.2, 0.25) is 0 Å². The molecule has 1 rings (SSSR count). The highest BCUT2D eigenvalue weighted by Gasteiger charge is 2.41. The molecule has 0 aromatic carbocycles. The zero-order valence-electron chi connectivity index (χ0n) is 7.35. The zero-order chi connectivity index (χ0) is 9.19. The van der Waals surface area contributed by atoms with E-state index in [0.29, 0.717) is 19.4 Å². The van der Waals surface area contributed by atoms with Crippen LogP contribution in [0.15, 0.2) is 0 Å². The van der Waals surface area contributed by atoms with Crippen LogP contribution in [-0.4, -0.2) is 24.0 Å². The van der Waals surface area contributed by atoms with Crippen molar-refractivity contribution in [3.63, 3.8) is 0 Å². The van der Waals surface area contributed by atoms with Gasteiger partial charge in [0.2, 0.25) is 5.91 Å². The van der Waals surface area contributed by atoms with E-state index < -0.39 is 5.54 Å². The van der Waals surface area contributed by atoms with Gasteiger partial charge in [-0.05, 0) is 20.3 Å². The second-order valence-electron chi connectivity index (χ2n) is 3.10. The van der Waals surface area contributed by atoms with Gasteiger partial charge < -0.3 is 10.1 Å². The van der Waals surface area contributed by atoms with Crippen molar-refractivity contribution in [1.29, 1.82) is 0 Å². The van der Waals surface area contributed by atoms with Gasteiger partial charge in [0, 0.05) is 6.42 Å². The van der Waals surface area contributed by atoms with Crippen LogP contribution in [0, 0.1) is 0 Å². The van der Waals surface area contributed by atoms with E-state index in [1.807, 2.05) is 0 Å². The highest BCUT2D eigenvalue weighted by Crippen LogP contribution is 2.20. The lowest BCUT2D eigenvalue weighted by molar-refractivity contribution is -0.150. The topological polar surface area (TPSA) is 55.4 Å². The van der Waals surface area contributed by atoms with Gasteiger partial charge in [-0.25, -0.2) is 4.79 Å². The van der Waals surface area contributed by atoms with E-state index in [-0.39, 0.29) is 11.9 Å². The summed E-state index contributed by atoms with van der Waals surface area (Å²) in [4.78, 5) is 22.1. The van der Waals surface area contributed by atoms with Crippen molar-refractivity contribution in [3.8, 4) is 0 Å². The number of nitrogens with one attached hydrogen (secondary N) is 1. The van der Waals surface area contributed by atoms with Gasteiger partial charge in [0.15, 0.2) is 0 Å². The molecule has 1 atom stereocenters. The van der Waals surface area contributed by atoms with E-state index in [1.54, 1.807) is 13.8 Å². The van der Waals surface area contributed by atoms with Crippen LogP contribution >= 0.6 is 0 Å². The lowest BCUT2D eigenvalue weighted by Crippen LogP contribution is -2.47. The predicted molar refractivity (Wildman–Crippen MR) is 42.4 cm³/mol. The zero-order valence-corrected chi connectivity index (χ0v) is 7.35. The summed E-state index contributed by atoms with van der Waals surface area (Å²) in [6, 6.07) is 0. The van der Waals surface area contributed by atoms with Crippen LogP contribution in [0.5, 0.6) is 0 Å². The van der Waals surface area contributed by atoms with Crippen molar-refractivity contribution < 1.29 is 14.3 Å². The van der Waals surface area contributed by atoms with E-state index in [9.17, 15) is 9.59 Å². The smallest absolute Gasteiger partial charge is 0.331 e. The average Bonchev–Trinajstić information content (AvgIpc) is 2.33. The molecule has 12 heavy (non-hydrogen) atoms. The summed E-state index contributed by atoms with van der Waals surface area (Å²) in [6.45, 7) is 3.79. The van der Waals surface area contributed by atoms with E-state index in [1.165, 1.54) is 0 Å². The monoisotopic (exact) mass is 171 g/mol. The molecule has 0 bridgehead atoms. The van der Waals surface area contributed by atoms with E-state index in [0.717, 1.165) is 0 Å². The molecule has 0 radical (unpaired) electrons. The Morgan fingerprint density at radius 1 is 1.75 bits per heavy atom. The summed E-state index contributed by atoms with van der Waals surface area (Å²) in [5, 5.41) is 2.60. The molecule has 1 aliphatic heterocycles. The lowest BCUT2D eigenvalue weighted by Gasteiger charge is -2.20. The molecule has 4 nitrogen and oxygen atoms in total. The Balaban J connectivity index is 2.60. The van der Waals surface area contributed by atoms with Crippen LogP contribution in [0.25, 0.3) is 0 Å². The number of carbonyl (C=O) groups excluding carboxylic acids is 2. The first kappa shape index (κ1) is 9.03. The molecule has 1 unspecified atom stereocenters. The third-order valence-electron chi connectivity index (χ3n) is 1.99. The normalized spacial score (nSPS) is 28.3. The van der Waals surface area contributed by atoms with Crippen LogP contribution in [-0.2, 0) is 14.3 Å². The van der Waals surface area contributed by atoms with Gasteiger partial charge in [-0.3, -0.25) is 4.79 Å². The highest BCUT2D eigenvalue weighted by molar-refractivity contribution is 5.91. The molecule has 0 saturated carbocycles. The maximum atomic E-state index is 11.3. The third kappa shape index (κ3) is 1.57. The maximum Gasteiger partial charge on any atom is 0.331 e. The number of amides is 1. The number of esters is 1. The largest absolute Gasteiger partial charge is 0.464 e. The summed E-state index contributed by atoms with van der Waals surface area (Å²) in [7, 11) is 0. The standard InChI is InChI=1S/C8H13NO3/c1-3-12-7(11)8(2)5-4-6(10)9-8/h3-5H2,1-2H3,(H,9,10). The lowest BCUT2D eigenvalue weighted by atomic mass is 10.0. The highest BCUT2D eigenvalue weighted by atomic mass is 16.5. The number of hydrogen-bond donors (Lipinski definition) is 1. The number of ether oxygens (including phenoxy) is 1. The molecule has 68 valence electrons. The molecule has 0 aromatic heterocycles. The number of carbonyl (C=O) groups is 2. The van der Waals surface area contributed by atoms with Crippen LogP contribution < -0.4 is 5.32 Å². The fourth-order valence-electron chi connectivity index (χ4n) is 1.24. The van der Waals surface area contributed by atoms with Crippen molar-refractivity contribution >= 4 is 11.9 Å². The average molecular weight is 171 g/mol. The summed E-state index contributed by atoms with van der Waals surface area (Å²) >= 11 is 0. The molecule has 1 heterocycles. The maximum absolute atomic E-state index is 11.3. The Kier molecular flexibility index (Phi) is 2.35. The van der Waals surface area contributed by atoms with Crippen molar-refractivity contribution in [1.82, 2.24) is 5.32 Å². The minimum atomic E-state index is -0.785. The molecule has 1 amide bonds. The molecule has 0 aliphatic carbocycles. The van der Waals surface area contributed by atoms with Gasteiger partial charge in [-0.1, -0.05) is 0 Å². The summed E-state index contributed by atoms with van der Waals surface area (Å²) < 4.78 is 4.82. The molecule has 1 aliphatic rings. The minimum absolute atomic E-state index is 0.0782. The Morgan fingerprint density at radius 2 is 2.42 bits per heavy atom. The van der Waals surface area contributed by atoms with Crippen LogP contribution in [0.1, 0.15) is 26.7 Å². The van der Waals surface area contributed by atoms with Gasteiger partial charge in [-0.15, -0.1) is 0 Å². The first-order valence-electron chi connectivity index (χ1n) is 4.07. The fraction of sp³-hybridized carbons (Fsp3) is 0.750. The quantitative estimate of drug-likeness (QED) is 0.604. The minimum Gasteiger partial charge on any atom is -0.464 e. The second-order valence-corrected chi connectivity index (χ2v) is 3.10. The van der Waals surface area contributed by atoms with Crippen LogP contribution in [0.4, 0.5) is 0 Å². The second kappa shape index (κ2) is 3.13. The SMILES string of the molecule is CCOC(=O)C1(C)CCC(=O)N1. The number of hydrogen-bond acceptors (Lipinski definition) is 3. The summed E-state index contributed by atoms with van der Waals surface area (Å²) in [5.41, 5.74) is -0.785. The molecule has 1 fully saturated rings. The van der Waals surface area contributed by atoms with Gasteiger partial charge in [0.05, 0.1) is 6.61 Å². The first-order chi connectivity index (χ1) is 5.58. The van der Waals surface area contributed by atoms with Gasteiger partial charge in [-0.2, -0.15) is 0 Å². The predicted octanol–water partition coefficient (Wildman–Crippen LogP) is 0.218. The molecular weight excluding hydrogens is 158 g/mol. The van der Waals surface area contributed by atoms with Crippen LogP contribution in [0.3, 0.4) is 0 Å². The number of rotatable bonds is 2. The molecule has 0 spiro atoms. The summed E-state index contributed by atoms with van der Waals surface area (Å²) in [5.74, 6) is -0.415. The third-order valence-corrected chi connectivity index (χ3v) is 1.99. The van der Waals surface area contributed by atoms with E-state index >= 15 is 0 Å². The Hall–Kier alpha value is -1.06. The van der Waals surface area contributed by atoms with Crippen molar-refractivity contribution in [3.05, 3.63) is 0 Å². The van der Waals surface area contributed by atoms with Gasteiger partial charge in [0.1, 0.15) is 5.54 Å². The molecule has 1 saturated heterocycles. The molecule has 4 heteroatoms.